The van der Waals surface area contributed by atoms with Gasteiger partial charge in [0.2, 0.25) is 5.75 Å². The molecule has 1 fully saturated rings. The maximum Gasteiger partial charge on any atom is 0.381 e. The van der Waals surface area contributed by atoms with Crippen molar-refractivity contribution in [2.75, 3.05) is 13.7 Å². The SMILES string of the molecule is COC1OC2COC(=O)C(c3cc4c(O)oc(=O)c(O)c4cc3C1O)C2O. The molecule has 1 aromatic carbocycles. The highest BCUT2D eigenvalue weighted by molar-refractivity contribution is 5.93. The summed E-state index contributed by atoms with van der Waals surface area (Å²) in [7, 11) is 1.28. The first-order chi connectivity index (χ1) is 12.8. The molecule has 2 aliphatic heterocycles. The fraction of sp³-hybridized carbons (Fsp3) is 0.412. The molecule has 0 spiro atoms. The van der Waals surface area contributed by atoms with Crippen molar-refractivity contribution in [1.82, 2.24) is 0 Å². The van der Waals surface area contributed by atoms with E-state index in [0.717, 1.165) is 0 Å². The number of aromatic hydroxyl groups is 2. The zero-order valence-electron chi connectivity index (χ0n) is 14.0. The molecule has 0 saturated carbocycles. The number of hydrogen-bond donors (Lipinski definition) is 4. The number of fused-ring (bicyclic) bond motifs is 5. The van der Waals surface area contributed by atoms with Crippen molar-refractivity contribution in [2.24, 2.45) is 0 Å². The lowest BCUT2D eigenvalue weighted by Gasteiger charge is -2.40. The van der Waals surface area contributed by atoms with Crippen molar-refractivity contribution in [3.63, 3.8) is 0 Å². The van der Waals surface area contributed by atoms with Crippen LogP contribution in [0.4, 0.5) is 0 Å². The minimum Gasteiger partial charge on any atom is -0.501 e. The molecular weight excluding hydrogens is 364 g/mol. The van der Waals surface area contributed by atoms with Crippen molar-refractivity contribution in [3.05, 3.63) is 33.7 Å². The number of carbonyl (C=O) groups excluding carboxylic acids is 1. The van der Waals surface area contributed by atoms with Crippen LogP contribution in [0.15, 0.2) is 21.3 Å². The van der Waals surface area contributed by atoms with Crippen LogP contribution in [0, 0.1) is 0 Å². The first kappa shape index (κ1) is 17.7. The summed E-state index contributed by atoms with van der Waals surface area (Å²) in [4.78, 5) is 23.9. The molecule has 10 nitrogen and oxygen atoms in total. The van der Waals surface area contributed by atoms with Crippen molar-refractivity contribution in [1.29, 1.82) is 0 Å². The van der Waals surface area contributed by atoms with E-state index in [1.54, 1.807) is 0 Å². The monoisotopic (exact) mass is 380 g/mol. The number of aliphatic hydroxyl groups is 2. The third kappa shape index (κ3) is 2.57. The quantitative estimate of drug-likeness (QED) is 0.481. The Balaban J connectivity index is 2.05. The highest BCUT2D eigenvalue weighted by Gasteiger charge is 2.47. The van der Waals surface area contributed by atoms with Crippen molar-refractivity contribution >= 4 is 16.7 Å². The van der Waals surface area contributed by atoms with E-state index in [2.05, 4.69) is 4.42 Å². The Hall–Kier alpha value is -2.66. The molecule has 0 radical (unpaired) electrons. The minimum absolute atomic E-state index is 0.0657. The van der Waals surface area contributed by atoms with Gasteiger partial charge < -0.3 is 39.1 Å². The second kappa shape index (κ2) is 6.20. The summed E-state index contributed by atoms with van der Waals surface area (Å²) in [5.41, 5.74) is -0.973. The molecule has 2 bridgehead atoms. The highest BCUT2D eigenvalue weighted by Crippen LogP contribution is 2.42. The summed E-state index contributed by atoms with van der Waals surface area (Å²) in [5.74, 6) is -3.52. The third-order valence-corrected chi connectivity index (χ3v) is 4.91. The van der Waals surface area contributed by atoms with Gasteiger partial charge in [-0.15, -0.1) is 0 Å². The summed E-state index contributed by atoms with van der Waals surface area (Å²) in [6, 6.07) is 2.47. The van der Waals surface area contributed by atoms with E-state index in [-0.39, 0.29) is 28.5 Å². The maximum atomic E-state index is 12.3. The fourth-order valence-corrected chi connectivity index (χ4v) is 3.55. The summed E-state index contributed by atoms with van der Waals surface area (Å²) in [6.07, 6.45) is -4.87. The Labute approximate surface area is 151 Å². The number of ether oxygens (including phenoxy) is 3. The van der Waals surface area contributed by atoms with E-state index in [4.69, 9.17) is 14.2 Å². The summed E-state index contributed by atoms with van der Waals surface area (Å²) in [6.45, 7) is -0.215. The lowest BCUT2D eigenvalue weighted by Crippen LogP contribution is -2.51. The van der Waals surface area contributed by atoms with Crippen molar-refractivity contribution in [2.45, 2.75) is 30.5 Å². The predicted octanol–water partition coefficient (Wildman–Crippen LogP) is -0.390. The van der Waals surface area contributed by atoms with Crippen molar-refractivity contribution < 1.29 is 43.8 Å². The molecule has 0 aliphatic carbocycles. The second-order valence-corrected chi connectivity index (χ2v) is 6.39. The summed E-state index contributed by atoms with van der Waals surface area (Å²) >= 11 is 0. The van der Waals surface area contributed by atoms with Gasteiger partial charge in [-0.25, -0.2) is 4.79 Å². The number of aliphatic hydroxyl groups excluding tert-OH is 2. The number of rotatable bonds is 1. The van der Waals surface area contributed by atoms with Crippen LogP contribution in [-0.2, 0) is 19.0 Å². The van der Waals surface area contributed by atoms with E-state index in [1.165, 1.54) is 19.2 Å². The number of carbonyl (C=O) groups is 1. The normalized spacial score (nSPS) is 30.3. The zero-order valence-corrected chi connectivity index (χ0v) is 14.0. The van der Waals surface area contributed by atoms with E-state index in [9.17, 15) is 30.0 Å². The largest absolute Gasteiger partial charge is 0.501 e. The van der Waals surface area contributed by atoms with Crippen LogP contribution < -0.4 is 5.63 Å². The number of cyclic esters (lactones) is 1. The maximum absolute atomic E-state index is 12.3. The van der Waals surface area contributed by atoms with Gasteiger partial charge in [-0.3, -0.25) is 4.79 Å². The summed E-state index contributed by atoms with van der Waals surface area (Å²) in [5, 5.41) is 41.1. The molecule has 10 heteroatoms. The van der Waals surface area contributed by atoms with Crippen molar-refractivity contribution in [3.8, 4) is 11.7 Å². The lowest BCUT2D eigenvalue weighted by molar-refractivity contribution is -0.246. The van der Waals surface area contributed by atoms with Crippen LogP contribution in [0.5, 0.6) is 11.7 Å². The Morgan fingerprint density at radius 3 is 2.52 bits per heavy atom. The van der Waals surface area contributed by atoms with Gasteiger partial charge in [-0.1, -0.05) is 0 Å². The first-order valence-electron chi connectivity index (χ1n) is 8.07. The van der Waals surface area contributed by atoms with Crippen LogP contribution in [0.2, 0.25) is 0 Å². The minimum atomic E-state index is -1.41. The average molecular weight is 380 g/mol. The first-order valence-corrected chi connectivity index (χ1v) is 8.07. The molecule has 4 N–H and O–H groups in total. The van der Waals surface area contributed by atoms with Crippen LogP contribution in [0.3, 0.4) is 0 Å². The zero-order chi connectivity index (χ0) is 19.5. The molecule has 2 aromatic rings. The van der Waals surface area contributed by atoms with Gasteiger partial charge in [-0.05, 0) is 23.3 Å². The molecule has 4 rings (SSSR count). The Kier molecular flexibility index (Phi) is 4.07. The standard InChI is InChI=1S/C17H16O10/c1-24-17-12(19)6-3-7-8(14(21)27-16(23)11(7)18)2-5(6)10-13(20)9(26-17)4-25-15(10)22/h2-3,9-10,12-13,17-21H,4H2,1H3. The van der Waals surface area contributed by atoms with Gasteiger partial charge in [0.25, 0.3) is 5.95 Å². The van der Waals surface area contributed by atoms with Gasteiger partial charge in [-0.2, -0.15) is 0 Å². The van der Waals surface area contributed by atoms with Crippen LogP contribution >= 0.6 is 0 Å². The molecule has 1 aromatic heterocycles. The smallest absolute Gasteiger partial charge is 0.381 e. The number of hydrogen-bond acceptors (Lipinski definition) is 10. The van der Waals surface area contributed by atoms with Crippen LogP contribution in [0.1, 0.15) is 23.1 Å². The molecule has 0 amide bonds. The average Bonchev–Trinajstić information content (AvgIpc) is 2.64. The molecule has 2 aliphatic rings. The van der Waals surface area contributed by atoms with Gasteiger partial charge in [0.1, 0.15) is 30.8 Å². The van der Waals surface area contributed by atoms with Gasteiger partial charge in [0.15, 0.2) is 6.29 Å². The molecule has 3 heterocycles. The molecule has 144 valence electrons. The van der Waals surface area contributed by atoms with Gasteiger partial charge in [0, 0.05) is 12.5 Å². The second-order valence-electron chi connectivity index (χ2n) is 6.39. The van der Waals surface area contributed by atoms with E-state index < -0.39 is 53.8 Å². The number of methoxy groups -OCH3 is 1. The van der Waals surface area contributed by atoms with E-state index in [1.807, 2.05) is 0 Å². The van der Waals surface area contributed by atoms with E-state index in [0.29, 0.717) is 0 Å². The fourth-order valence-electron chi connectivity index (χ4n) is 3.55. The van der Waals surface area contributed by atoms with Crippen LogP contribution in [-0.4, -0.2) is 58.6 Å². The Bertz CT molecular complexity index is 980. The van der Waals surface area contributed by atoms with Gasteiger partial charge in [0.05, 0.1) is 5.39 Å². The lowest BCUT2D eigenvalue weighted by atomic mass is 9.82. The van der Waals surface area contributed by atoms with E-state index >= 15 is 0 Å². The summed E-state index contributed by atoms with van der Waals surface area (Å²) < 4.78 is 20.3. The number of benzene rings is 1. The molecule has 1 saturated heterocycles. The van der Waals surface area contributed by atoms with Crippen LogP contribution in [0.25, 0.3) is 10.8 Å². The molecule has 27 heavy (non-hydrogen) atoms. The third-order valence-electron chi connectivity index (χ3n) is 4.91. The predicted molar refractivity (Wildman–Crippen MR) is 86.2 cm³/mol. The highest BCUT2D eigenvalue weighted by atomic mass is 16.7. The molecule has 5 atom stereocenters. The van der Waals surface area contributed by atoms with Gasteiger partial charge >= 0.3 is 11.6 Å². The Morgan fingerprint density at radius 2 is 1.81 bits per heavy atom. The topological polar surface area (TPSA) is 156 Å². The molecule has 5 unspecified atom stereocenters. The number of esters is 1. The Morgan fingerprint density at radius 1 is 1.11 bits per heavy atom. The molecular formula is C17H16O10.